The van der Waals surface area contributed by atoms with Gasteiger partial charge >= 0.3 is 0 Å². The summed E-state index contributed by atoms with van der Waals surface area (Å²) in [6, 6.07) is 16.1. The monoisotopic (exact) mass is 263 g/mol. The third kappa shape index (κ3) is 2.37. The molecule has 1 aromatic heterocycles. The van der Waals surface area contributed by atoms with Crippen LogP contribution in [0.5, 0.6) is 0 Å². The topological polar surface area (TPSA) is 22.0 Å². The van der Waals surface area contributed by atoms with Crippen LogP contribution in [-0.4, -0.2) is 10.4 Å². The van der Waals surface area contributed by atoms with E-state index in [2.05, 4.69) is 31.2 Å². The van der Waals surface area contributed by atoms with Gasteiger partial charge in [-0.2, -0.15) is 0 Å². The Balaban J connectivity index is 1.91. The maximum Gasteiger partial charge on any atom is 0.182 e. The molecule has 2 heteroatoms. The van der Waals surface area contributed by atoms with Gasteiger partial charge in [0, 0.05) is 17.3 Å². The molecule has 100 valence electrons. The van der Waals surface area contributed by atoms with E-state index in [4.69, 9.17) is 0 Å². The van der Waals surface area contributed by atoms with Crippen molar-refractivity contribution in [2.24, 2.45) is 0 Å². The van der Waals surface area contributed by atoms with E-state index in [1.807, 2.05) is 42.0 Å². The second-order valence-corrected chi connectivity index (χ2v) is 5.30. The highest BCUT2D eigenvalue weighted by Gasteiger charge is 2.09. The zero-order valence-electron chi connectivity index (χ0n) is 11.8. The van der Waals surface area contributed by atoms with E-state index in [1.54, 1.807) is 0 Å². The van der Waals surface area contributed by atoms with Crippen LogP contribution in [0.1, 0.15) is 21.5 Å². The molecule has 2 nitrogen and oxygen atoms in total. The minimum Gasteiger partial charge on any atom is -0.340 e. The molecule has 0 atom stereocenters. The lowest BCUT2D eigenvalue weighted by molar-refractivity contribution is 0.0973. The van der Waals surface area contributed by atoms with Gasteiger partial charge in [-0.05, 0) is 43.5 Å². The second-order valence-electron chi connectivity index (χ2n) is 5.30. The number of ketones is 1. The molecule has 0 fully saturated rings. The van der Waals surface area contributed by atoms with Crippen LogP contribution in [0, 0.1) is 13.8 Å². The molecule has 0 saturated heterocycles. The lowest BCUT2D eigenvalue weighted by Crippen LogP contribution is -2.09. The molecule has 0 aliphatic carbocycles. The van der Waals surface area contributed by atoms with E-state index in [9.17, 15) is 4.79 Å². The predicted molar refractivity (Wildman–Crippen MR) is 82.2 cm³/mol. The zero-order chi connectivity index (χ0) is 14.1. The summed E-state index contributed by atoms with van der Waals surface area (Å²) in [5, 5.41) is 1.18. The van der Waals surface area contributed by atoms with Crippen molar-refractivity contribution in [1.82, 2.24) is 4.57 Å². The Morgan fingerprint density at radius 1 is 1.00 bits per heavy atom. The maximum atomic E-state index is 12.4. The third-order valence-corrected chi connectivity index (χ3v) is 3.58. The fraction of sp³-hybridized carbons (Fsp3) is 0.167. The molecule has 0 radical (unpaired) electrons. The van der Waals surface area contributed by atoms with E-state index in [-0.39, 0.29) is 5.78 Å². The van der Waals surface area contributed by atoms with Crippen molar-refractivity contribution >= 4 is 16.7 Å². The number of benzene rings is 2. The number of carbonyl (C=O) groups excluding carboxylic acids is 1. The lowest BCUT2D eigenvalue weighted by atomic mass is 10.1. The Hall–Kier alpha value is -2.35. The molecule has 3 rings (SSSR count). The van der Waals surface area contributed by atoms with Crippen LogP contribution in [0.4, 0.5) is 0 Å². The third-order valence-electron chi connectivity index (χ3n) is 3.58. The van der Waals surface area contributed by atoms with Gasteiger partial charge in [-0.25, -0.2) is 0 Å². The average molecular weight is 263 g/mol. The predicted octanol–water partition coefficient (Wildman–Crippen LogP) is 4.14. The highest BCUT2D eigenvalue weighted by molar-refractivity contribution is 5.97. The quantitative estimate of drug-likeness (QED) is 0.651. The van der Waals surface area contributed by atoms with Gasteiger partial charge in [0.05, 0.1) is 6.54 Å². The molecule has 0 unspecified atom stereocenters. The fourth-order valence-electron chi connectivity index (χ4n) is 2.52. The van der Waals surface area contributed by atoms with Gasteiger partial charge in [0.1, 0.15) is 0 Å². The van der Waals surface area contributed by atoms with Gasteiger partial charge in [0.25, 0.3) is 0 Å². The van der Waals surface area contributed by atoms with Gasteiger partial charge in [-0.1, -0.05) is 35.4 Å². The molecule has 0 amide bonds. The summed E-state index contributed by atoms with van der Waals surface area (Å²) in [5.74, 6) is 0.145. The average Bonchev–Trinajstić information content (AvgIpc) is 2.81. The SMILES string of the molecule is Cc1cccc(C(=O)Cn2ccc3cc(C)ccc32)c1. The molecule has 0 bridgehead atoms. The maximum absolute atomic E-state index is 12.4. The Morgan fingerprint density at radius 3 is 2.60 bits per heavy atom. The summed E-state index contributed by atoms with van der Waals surface area (Å²) in [6.07, 6.45) is 1.98. The number of fused-ring (bicyclic) bond motifs is 1. The molecule has 1 heterocycles. The lowest BCUT2D eigenvalue weighted by Gasteiger charge is -2.06. The van der Waals surface area contributed by atoms with Gasteiger partial charge < -0.3 is 4.57 Å². The smallest absolute Gasteiger partial charge is 0.182 e. The van der Waals surface area contributed by atoms with E-state index in [1.165, 1.54) is 10.9 Å². The Morgan fingerprint density at radius 2 is 1.80 bits per heavy atom. The van der Waals surface area contributed by atoms with Crippen LogP contribution in [0.3, 0.4) is 0 Å². The summed E-state index contributed by atoms with van der Waals surface area (Å²) < 4.78 is 2.01. The summed E-state index contributed by atoms with van der Waals surface area (Å²) in [4.78, 5) is 12.4. The summed E-state index contributed by atoms with van der Waals surface area (Å²) >= 11 is 0. The molecule has 0 aliphatic heterocycles. The van der Waals surface area contributed by atoms with Crippen molar-refractivity contribution in [3.8, 4) is 0 Å². The fourth-order valence-corrected chi connectivity index (χ4v) is 2.52. The number of nitrogens with zero attached hydrogens (tertiary/aromatic N) is 1. The van der Waals surface area contributed by atoms with E-state index >= 15 is 0 Å². The number of carbonyl (C=O) groups is 1. The van der Waals surface area contributed by atoms with Crippen molar-refractivity contribution < 1.29 is 4.79 Å². The number of aromatic nitrogens is 1. The molecule has 0 spiro atoms. The van der Waals surface area contributed by atoms with Gasteiger partial charge in [-0.15, -0.1) is 0 Å². The molecule has 0 N–H and O–H groups in total. The van der Waals surface area contributed by atoms with Crippen molar-refractivity contribution in [3.05, 3.63) is 71.4 Å². The van der Waals surface area contributed by atoms with Crippen molar-refractivity contribution in [3.63, 3.8) is 0 Å². The van der Waals surface area contributed by atoms with Gasteiger partial charge in [0.15, 0.2) is 5.78 Å². The largest absolute Gasteiger partial charge is 0.340 e. The Kier molecular flexibility index (Phi) is 3.15. The summed E-state index contributed by atoms with van der Waals surface area (Å²) in [7, 11) is 0. The highest BCUT2D eigenvalue weighted by atomic mass is 16.1. The Bertz CT molecular complexity index is 783. The first kappa shape index (κ1) is 12.7. The number of aryl methyl sites for hydroxylation is 2. The van der Waals surface area contributed by atoms with Gasteiger partial charge in [-0.3, -0.25) is 4.79 Å². The van der Waals surface area contributed by atoms with Crippen LogP contribution in [-0.2, 0) is 6.54 Å². The first-order valence-electron chi connectivity index (χ1n) is 6.79. The zero-order valence-corrected chi connectivity index (χ0v) is 11.8. The standard InChI is InChI=1S/C18H17NO/c1-13-4-3-5-16(11-13)18(20)12-19-9-8-15-10-14(2)6-7-17(15)19/h3-11H,12H2,1-2H3. The van der Waals surface area contributed by atoms with Crippen LogP contribution in [0.2, 0.25) is 0 Å². The normalized spacial score (nSPS) is 10.9. The summed E-state index contributed by atoms with van der Waals surface area (Å²) in [6.45, 7) is 4.47. The van der Waals surface area contributed by atoms with Gasteiger partial charge in [0.2, 0.25) is 0 Å². The minimum absolute atomic E-state index is 0.145. The number of Topliss-reactive ketones (excluding diaryl/α,β-unsaturated/α-hetero) is 1. The molecule has 2 aromatic carbocycles. The molecule has 0 saturated carbocycles. The Labute approximate surface area is 118 Å². The van der Waals surface area contributed by atoms with Crippen LogP contribution in [0.15, 0.2) is 54.7 Å². The van der Waals surface area contributed by atoms with Crippen LogP contribution in [0.25, 0.3) is 10.9 Å². The minimum atomic E-state index is 0.145. The first-order valence-corrected chi connectivity index (χ1v) is 6.79. The van der Waals surface area contributed by atoms with Crippen LogP contribution < -0.4 is 0 Å². The van der Waals surface area contributed by atoms with Crippen molar-refractivity contribution in [2.45, 2.75) is 20.4 Å². The first-order chi connectivity index (χ1) is 9.63. The van der Waals surface area contributed by atoms with E-state index in [0.717, 1.165) is 16.6 Å². The molecule has 0 aliphatic rings. The number of hydrogen-bond donors (Lipinski definition) is 0. The molecular formula is C18H17NO. The highest BCUT2D eigenvalue weighted by Crippen LogP contribution is 2.18. The van der Waals surface area contributed by atoms with E-state index < -0.39 is 0 Å². The number of rotatable bonds is 3. The number of hydrogen-bond acceptors (Lipinski definition) is 1. The van der Waals surface area contributed by atoms with Crippen molar-refractivity contribution in [1.29, 1.82) is 0 Å². The van der Waals surface area contributed by atoms with E-state index in [0.29, 0.717) is 6.54 Å². The second kappa shape index (κ2) is 4.97. The molecule has 3 aromatic rings. The molecular weight excluding hydrogens is 246 g/mol. The molecule has 20 heavy (non-hydrogen) atoms. The van der Waals surface area contributed by atoms with Crippen molar-refractivity contribution in [2.75, 3.05) is 0 Å². The summed E-state index contributed by atoms with van der Waals surface area (Å²) in [5.41, 5.74) is 4.24. The van der Waals surface area contributed by atoms with Crippen LogP contribution >= 0.6 is 0 Å².